The number of nitrogens with zero attached hydrogens (tertiary/aromatic N) is 4. The van der Waals surface area contributed by atoms with Crippen molar-refractivity contribution in [2.24, 2.45) is 0 Å². The molecule has 2 heterocycles. The van der Waals surface area contributed by atoms with Crippen molar-refractivity contribution in [3.05, 3.63) is 103 Å². The number of piperidine rings is 1. The summed E-state index contributed by atoms with van der Waals surface area (Å²) < 4.78 is 44.2. The molecule has 3 aromatic carbocycles. The van der Waals surface area contributed by atoms with Gasteiger partial charge in [-0.3, -0.25) is 19.5 Å². The molecule has 0 radical (unpaired) electrons. The Morgan fingerprint density at radius 2 is 1.62 bits per heavy atom. The zero-order valence-electron chi connectivity index (χ0n) is 23.0. The van der Waals surface area contributed by atoms with Gasteiger partial charge in [-0.05, 0) is 73.5 Å². The largest absolute Gasteiger partial charge is 0.438 e. The summed E-state index contributed by atoms with van der Waals surface area (Å²) in [6, 6.07) is 21.5. The fourth-order valence-corrected chi connectivity index (χ4v) is 5.33. The summed E-state index contributed by atoms with van der Waals surface area (Å²) >= 11 is 0. The van der Waals surface area contributed by atoms with Crippen molar-refractivity contribution < 1.29 is 22.3 Å². The molecule has 4 aromatic rings. The van der Waals surface area contributed by atoms with Gasteiger partial charge in [0.2, 0.25) is 15.9 Å². The highest BCUT2D eigenvalue weighted by Gasteiger charge is 2.29. The number of sulfonamides is 1. The minimum absolute atomic E-state index is 0.00928. The lowest BCUT2D eigenvalue weighted by Gasteiger charge is -2.38. The summed E-state index contributed by atoms with van der Waals surface area (Å²) in [7, 11) is -3.35. The predicted octanol–water partition coefficient (Wildman–Crippen LogP) is 5.48. The Morgan fingerprint density at radius 3 is 2.24 bits per heavy atom. The topological polar surface area (TPSA) is 117 Å². The number of benzene rings is 3. The lowest BCUT2D eigenvalue weighted by atomic mass is 10.0. The highest BCUT2D eigenvalue weighted by Crippen LogP contribution is 2.26. The van der Waals surface area contributed by atoms with Crippen molar-refractivity contribution in [3.63, 3.8) is 0 Å². The zero-order valence-corrected chi connectivity index (χ0v) is 23.8. The van der Waals surface area contributed by atoms with Crippen molar-refractivity contribution >= 4 is 33.1 Å². The Bertz CT molecular complexity index is 1580. The van der Waals surface area contributed by atoms with Crippen LogP contribution in [-0.4, -0.2) is 54.7 Å². The number of halogens is 1. The zero-order chi connectivity index (χ0) is 29.5. The summed E-state index contributed by atoms with van der Waals surface area (Å²) in [5.74, 6) is 0.472. The monoisotopic (exact) mass is 590 g/mol. The summed E-state index contributed by atoms with van der Waals surface area (Å²) in [6.07, 6.45) is 5.86. The van der Waals surface area contributed by atoms with Gasteiger partial charge in [0, 0.05) is 42.7 Å². The molecule has 218 valence electrons. The van der Waals surface area contributed by atoms with Crippen LogP contribution in [-0.2, 0) is 16.6 Å². The molecule has 1 saturated heterocycles. The number of aromatic nitrogens is 2. The molecule has 0 spiro atoms. The lowest BCUT2D eigenvalue weighted by molar-refractivity contribution is 0.197. The van der Waals surface area contributed by atoms with Crippen LogP contribution in [0, 0.1) is 5.82 Å². The first-order valence-corrected chi connectivity index (χ1v) is 15.3. The number of anilines is 3. The molecular weight excluding hydrogens is 559 g/mol. The maximum Gasteiger partial charge on any atom is 0.326 e. The van der Waals surface area contributed by atoms with Gasteiger partial charge in [0.25, 0.3) is 0 Å². The predicted molar refractivity (Wildman–Crippen MR) is 160 cm³/mol. The van der Waals surface area contributed by atoms with Gasteiger partial charge < -0.3 is 10.1 Å². The molecule has 0 bridgehead atoms. The Hall–Kier alpha value is -4.55. The third kappa shape index (κ3) is 8.02. The Labute approximate surface area is 244 Å². The van der Waals surface area contributed by atoms with Crippen LogP contribution in [0.3, 0.4) is 0 Å². The molecule has 42 heavy (non-hydrogen) atoms. The maximum absolute atomic E-state index is 13.4. The first-order chi connectivity index (χ1) is 20.2. The van der Waals surface area contributed by atoms with E-state index in [2.05, 4.69) is 24.9 Å². The maximum atomic E-state index is 13.4. The van der Waals surface area contributed by atoms with Crippen LogP contribution in [0.5, 0.6) is 11.6 Å². The number of nitrogens with one attached hydrogen (secondary N) is 2. The van der Waals surface area contributed by atoms with Crippen molar-refractivity contribution in [1.82, 2.24) is 14.9 Å². The molecule has 0 aliphatic carbocycles. The van der Waals surface area contributed by atoms with E-state index in [1.54, 1.807) is 53.7 Å². The molecule has 2 amide bonds. The first-order valence-electron chi connectivity index (χ1n) is 13.4. The van der Waals surface area contributed by atoms with Crippen molar-refractivity contribution in [2.45, 2.75) is 25.4 Å². The molecule has 0 saturated carbocycles. The second kappa shape index (κ2) is 13.0. The van der Waals surface area contributed by atoms with E-state index in [1.807, 2.05) is 30.3 Å². The molecule has 5 rings (SSSR count). The van der Waals surface area contributed by atoms with Crippen molar-refractivity contribution in [2.75, 3.05) is 34.3 Å². The molecule has 2 N–H and O–H groups in total. The van der Waals surface area contributed by atoms with Gasteiger partial charge in [-0.2, -0.15) is 0 Å². The molecule has 0 atom stereocenters. The summed E-state index contributed by atoms with van der Waals surface area (Å²) in [5, 5.41) is 2.90. The smallest absolute Gasteiger partial charge is 0.326 e. The van der Waals surface area contributed by atoms with Crippen LogP contribution in [0.25, 0.3) is 0 Å². The third-order valence-electron chi connectivity index (χ3n) is 6.72. The Balaban J connectivity index is 1.16. The molecule has 0 unspecified atom stereocenters. The fraction of sp³-hybridized carbons (Fsp3) is 0.233. The van der Waals surface area contributed by atoms with Crippen LogP contribution in [0.4, 0.5) is 26.2 Å². The van der Waals surface area contributed by atoms with Crippen LogP contribution in [0.15, 0.2) is 91.3 Å². The lowest BCUT2D eigenvalue weighted by Crippen LogP contribution is -2.49. The molecular formula is C30H31FN6O4S. The van der Waals surface area contributed by atoms with Gasteiger partial charge in [0.1, 0.15) is 11.6 Å². The minimum atomic E-state index is -3.35. The number of carbonyl (C=O) groups excluding carboxylic acids is 1. The second-order valence-electron chi connectivity index (χ2n) is 10.00. The number of hydrogen-bond donors (Lipinski definition) is 2. The van der Waals surface area contributed by atoms with Gasteiger partial charge in [0.05, 0.1) is 24.3 Å². The number of urea groups is 1. The van der Waals surface area contributed by atoms with E-state index in [9.17, 15) is 17.6 Å². The number of carbonyl (C=O) groups is 1. The van der Waals surface area contributed by atoms with E-state index in [0.29, 0.717) is 29.5 Å². The SMILES string of the molecule is CS(=O)(=O)Nc1ccc(Oc2cnc(CN3CCC(N(C(=O)Nc4ccc(F)cc4)c4ccccc4)CC3)cn2)cc1. The molecule has 1 aliphatic rings. The van der Waals surface area contributed by atoms with Crippen molar-refractivity contribution in [3.8, 4) is 11.6 Å². The van der Waals surface area contributed by atoms with Gasteiger partial charge in [-0.25, -0.2) is 22.6 Å². The number of rotatable bonds is 9. The summed E-state index contributed by atoms with van der Waals surface area (Å²) in [4.78, 5) is 26.3. The fourth-order valence-electron chi connectivity index (χ4n) is 4.77. The minimum Gasteiger partial charge on any atom is -0.438 e. The van der Waals surface area contributed by atoms with Gasteiger partial charge in [-0.15, -0.1) is 0 Å². The van der Waals surface area contributed by atoms with Crippen LogP contribution in [0.2, 0.25) is 0 Å². The number of likely N-dealkylation sites (tertiary alicyclic amines) is 1. The van der Waals surface area contributed by atoms with E-state index in [4.69, 9.17) is 4.74 Å². The first kappa shape index (κ1) is 29.0. The molecule has 1 fully saturated rings. The third-order valence-corrected chi connectivity index (χ3v) is 7.32. The van der Waals surface area contributed by atoms with E-state index >= 15 is 0 Å². The van der Waals surface area contributed by atoms with Gasteiger partial charge in [0.15, 0.2) is 0 Å². The number of para-hydroxylation sites is 1. The average molecular weight is 591 g/mol. The van der Waals surface area contributed by atoms with Gasteiger partial charge >= 0.3 is 6.03 Å². The quantitative estimate of drug-likeness (QED) is 0.265. The standard InChI is InChI=1S/C30H31FN6O4S/c1-42(39,40)35-24-11-13-28(14-12-24)41-29-20-32-25(19-33-29)21-36-17-15-27(16-18-36)37(26-5-3-2-4-6-26)30(38)34-23-9-7-22(31)8-10-23/h2-14,19-20,27,35H,15-18,21H2,1H3,(H,34,38). The second-order valence-corrected chi connectivity index (χ2v) is 11.7. The number of hydrogen-bond acceptors (Lipinski definition) is 7. The van der Waals surface area contributed by atoms with Crippen LogP contribution in [0.1, 0.15) is 18.5 Å². The van der Waals surface area contributed by atoms with E-state index in [0.717, 1.165) is 43.6 Å². The highest BCUT2D eigenvalue weighted by atomic mass is 32.2. The van der Waals surface area contributed by atoms with Crippen LogP contribution >= 0.6 is 0 Å². The summed E-state index contributed by atoms with van der Waals surface area (Å²) in [6.45, 7) is 2.15. The van der Waals surface area contributed by atoms with E-state index in [1.165, 1.54) is 12.1 Å². The summed E-state index contributed by atoms with van der Waals surface area (Å²) in [5.41, 5.74) is 2.57. The van der Waals surface area contributed by atoms with E-state index in [-0.39, 0.29) is 17.9 Å². The highest BCUT2D eigenvalue weighted by molar-refractivity contribution is 7.92. The molecule has 1 aliphatic heterocycles. The number of amides is 2. The normalized spacial score (nSPS) is 14.2. The van der Waals surface area contributed by atoms with Gasteiger partial charge in [-0.1, -0.05) is 18.2 Å². The van der Waals surface area contributed by atoms with Crippen molar-refractivity contribution in [1.29, 1.82) is 0 Å². The molecule has 1 aromatic heterocycles. The van der Waals surface area contributed by atoms with Crippen LogP contribution < -0.4 is 19.7 Å². The van der Waals surface area contributed by atoms with E-state index < -0.39 is 10.0 Å². The molecule has 10 nitrogen and oxygen atoms in total. The Morgan fingerprint density at radius 1 is 0.952 bits per heavy atom. The Kier molecular flexibility index (Phi) is 8.94. The average Bonchev–Trinajstić information content (AvgIpc) is 2.97. The number of ether oxygens (including phenoxy) is 1. The molecule has 12 heteroatoms.